The van der Waals surface area contributed by atoms with Crippen molar-refractivity contribution in [3.63, 3.8) is 0 Å². The Kier molecular flexibility index (Phi) is 9.05. The monoisotopic (exact) mass is 714 g/mol. The van der Waals surface area contributed by atoms with Crippen molar-refractivity contribution in [1.29, 1.82) is 0 Å². The van der Waals surface area contributed by atoms with Gasteiger partial charge in [0.05, 0.1) is 0 Å². The maximum absolute atomic E-state index is 2.57. The van der Waals surface area contributed by atoms with Crippen LogP contribution in [0, 0.1) is 6.92 Å². The molecule has 0 N–H and O–H groups in total. The van der Waals surface area contributed by atoms with Gasteiger partial charge in [0.1, 0.15) is 0 Å². The molecule has 3 unspecified atom stereocenters. The number of hydrogen-bond acceptors (Lipinski definition) is 0. The van der Waals surface area contributed by atoms with Crippen LogP contribution >= 0.6 is 8.58 Å². The summed E-state index contributed by atoms with van der Waals surface area (Å²) in [5, 5.41) is 1.53. The van der Waals surface area contributed by atoms with E-state index in [1.807, 2.05) is 0 Å². The maximum atomic E-state index is 2.57. The standard InChI is InChI=1S/C16H14P.C14H14.C9H7.Hf/c1-12-6-2-5-9-15(12)17-16-11-10-13-7-3-4-8-14(13)16;1-3-7-13(8-4-1)11-12-14-9-5-2-6-10-14;1-2-5-9-7-3-6-8(9)4-1;/h2-11,17H,1H3;1-10H,11-12H2;1-7H;. The van der Waals surface area contributed by atoms with Crippen LogP contribution in [0.1, 0.15) is 42.6 Å². The van der Waals surface area contributed by atoms with E-state index in [4.69, 9.17) is 0 Å². The Morgan fingerprint density at radius 1 is 0.610 bits per heavy atom. The molecule has 0 heterocycles. The van der Waals surface area contributed by atoms with Gasteiger partial charge in [-0.05, 0) is 24.0 Å². The maximum Gasteiger partial charge on any atom is -0.0238 e. The molecule has 3 atom stereocenters. The molecular formula is C39H35HfP. The van der Waals surface area contributed by atoms with Gasteiger partial charge in [0.25, 0.3) is 0 Å². The summed E-state index contributed by atoms with van der Waals surface area (Å²) in [6.07, 6.45) is 12.1. The predicted octanol–water partition coefficient (Wildman–Crippen LogP) is 9.50. The van der Waals surface area contributed by atoms with Crippen molar-refractivity contribution in [2.75, 3.05) is 0 Å². The Labute approximate surface area is 258 Å². The molecule has 0 saturated carbocycles. The third kappa shape index (κ3) is 6.69. The molecule has 0 saturated heterocycles. The zero-order valence-electron chi connectivity index (χ0n) is 23.5. The molecule has 0 radical (unpaired) electrons. The van der Waals surface area contributed by atoms with E-state index in [2.05, 4.69) is 165 Å². The van der Waals surface area contributed by atoms with E-state index in [0.29, 0.717) is 3.67 Å². The SMILES string of the molecule is Cc1ccccc1P[C]1([Hf][CH]2C=Cc3ccccc32)C=Cc2ccccc21.c1ccc(CCc2ccccc2)cc1. The van der Waals surface area contributed by atoms with Crippen molar-refractivity contribution in [3.05, 3.63) is 185 Å². The van der Waals surface area contributed by atoms with Crippen LogP contribution in [0.25, 0.3) is 12.2 Å². The largest absolute Gasteiger partial charge is 0.0622 e. The first-order valence-corrected chi connectivity index (χ1v) is 19.3. The summed E-state index contributed by atoms with van der Waals surface area (Å²) < 4.78 is 0.948. The Morgan fingerprint density at radius 2 is 1.20 bits per heavy atom. The summed E-state index contributed by atoms with van der Waals surface area (Å²) >= 11 is -1.12. The molecule has 41 heavy (non-hydrogen) atoms. The van der Waals surface area contributed by atoms with Gasteiger partial charge in [0.15, 0.2) is 0 Å². The van der Waals surface area contributed by atoms with Crippen LogP contribution in [0.3, 0.4) is 0 Å². The molecule has 0 bridgehead atoms. The van der Waals surface area contributed by atoms with Crippen LogP contribution in [0.5, 0.6) is 0 Å². The Bertz CT molecular complexity index is 1610. The van der Waals surface area contributed by atoms with Crippen LogP contribution in [-0.4, -0.2) is 0 Å². The van der Waals surface area contributed by atoms with Crippen molar-refractivity contribution in [1.82, 2.24) is 0 Å². The fourth-order valence-corrected chi connectivity index (χ4v) is 16.7. The Hall–Kier alpha value is -3.12. The summed E-state index contributed by atoms with van der Waals surface area (Å²) in [5.41, 5.74) is 10.3. The van der Waals surface area contributed by atoms with Crippen LogP contribution in [0.4, 0.5) is 0 Å². The van der Waals surface area contributed by atoms with Gasteiger partial charge in [-0.25, -0.2) is 0 Å². The first-order chi connectivity index (χ1) is 20.2. The van der Waals surface area contributed by atoms with E-state index in [0.717, 1.165) is 21.4 Å². The van der Waals surface area contributed by atoms with E-state index in [-0.39, 0.29) is 2.91 Å². The second-order valence-corrected chi connectivity index (χ2v) is 20.2. The molecular weight excluding hydrogens is 678 g/mol. The number of rotatable bonds is 7. The minimum Gasteiger partial charge on any atom is -0.0622 e. The second kappa shape index (κ2) is 13.2. The van der Waals surface area contributed by atoms with Crippen LogP contribution in [0.15, 0.2) is 146 Å². The predicted molar refractivity (Wildman–Crippen MR) is 175 cm³/mol. The average Bonchev–Trinajstić information content (AvgIpc) is 3.60. The number of aryl methyl sites for hydroxylation is 3. The van der Waals surface area contributed by atoms with Crippen molar-refractivity contribution in [2.24, 2.45) is 0 Å². The molecule has 5 aromatic rings. The molecule has 2 heteroatoms. The molecule has 0 aliphatic heterocycles. The molecule has 5 aromatic carbocycles. The van der Waals surface area contributed by atoms with Crippen LogP contribution in [0.2, 0.25) is 0 Å². The fourth-order valence-electron chi connectivity index (χ4n) is 5.70. The van der Waals surface area contributed by atoms with E-state index >= 15 is 0 Å². The smallest absolute Gasteiger partial charge is 0.0238 e. The third-order valence-electron chi connectivity index (χ3n) is 7.95. The molecule has 0 spiro atoms. The fraction of sp³-hybridized carbons (Fsp3) is 0.128. The van der Waals surface area contributed by atoms with Crippen molar-refractivity contribution < 1.29 is 22.9 Å². The van der Waals surface area contributed by atoms with E-state index < -0.39 is 22.9 Å². The van der Waals surface area contributed by atoms with Crippen LogP contribution in [-0.2, 0) is 38.7 Å². The molecule has 2 aliphatic rings. The number of allylic oxidation sites excluding steroid dienone is 2. The van der Waals surface area contributed by atoms with Gasteiger partial charge in [-0.3, -0.25) is 0 Å². The van der Waals surface area contributed by atoms with Crippen molar-refractivity contribution in [3.8, 4) is 0 Å². The van der Waals surface area contributed by atoms with Crippen molar-refractivity contribution in [2.45, 2.75) is 26.4 Å². The normalized spacial score (nSPS) is 18.1. The third-order valence-corrected chi connectivity index (χ3v) is 18.3. The molecule has 2 aliphatic carbocycles. The van der Waals surface area contributed by atoms with Gasteiger partial charge in [0.2, 0.25) is 0 Å². The summed E-state index contributed by atoms with van der Waals surface area (Å²) in [4.78, 5) is 0. The Balaban J connectivity index is 0.000000182. The van der Waals surface area contributed by atoms with Gasteiger partial charge in [0, 0.05) is 0 Å². The molecule has 0 nitrogen and oxygen atoms in total. The Morgan fingerprint density at radius 3 is 1.90 bits per heavy atom. The zero-order chi connectivity index (χ0) is 27.9. The average molecular weight is 713 g/mol. The van der Waals surface area contributed by atoms with Crippen LogP contribution < -0.4 is 5.30 Å². The minimum absolute atomic E-state index is 0.273. The number of fused-ring (bicyclic) bond motifs is 2. The van der Waals surface area contributed by atoms with Gasteiger partial charge >= 0.3 is 175 Å². The number of hydrogen-bond donors (Lipinski definition) is 0. The van der Waals surface area contributed by atoms with Gasteiger partial charge in [-0.15, -0.1) is 0 Å². The van der Waals surface area contributed by atoms with E-state index in [1.165, 1.54) is 33.1 Å². The molecule has 200 valence electrons. The van der Waals surface area contributed by atoms with Gasteiger partial charge in [-0.1, -0.05) is 60.7 Å². The number of benzene rings is 5. The van der Waals surface area contributed by atoms with E-state index in [1.54, 1.807) is 11.1 Å². The summed E-state index contributed by atoms with van der Waals surface area (Å²) in [5.74, 6) is 0. The summed E-state index contributed by atoms with van der Waals surface area (Å²) in [6, 6.07) is 48.3. The summed E-state index contributed by atoms with van der Waals surface area (Å²) in [6.45, 7) is 2.26. The molecule has 0 amide bonds. The minimum atomic E-state index is -1.12. The quantitative estimate of drug-likeness (QED) is 0.117. The zero-order valence-corrected chi connectivity index (χ0v) is 28.1. The molecule has 7 rings (SSSR count). The second-order valence-electron chi connectivity index (χ2n) is 10.7. The summed E-state index contributed by atoms with van der Waals surface area (Å²) in [7, 11) is 0.824. The van der Waals surface area contributed by atoms with Gasteiger partial charge in [-0.2, -0.15) is 0 Å². The van der Waals surface area contributed by atoms with E-state index in [9.17, 15) is 0 Å². The topological polar surface area (TPSA) is 0 Å². The van der Waals surface area contributed by atoms with Crippen molar-refractivity contribution >= 4 is 26.0 Å². The first-order valence-electron chi connectivity index (χ1n) is 14.5. The van der Waals surface area contributed by atoms with Gasteiger partial charge < -0.3 is 0 Å². The molecule has 0 aromatic heterocycles. The first kappa shape index (κ1) is 28.0. The molecule has 0 fully saturated rings.